The van der Waals surface area contributed by atoms with Crippen molar-refractivity contribution in [1.82, 2.24) is 0 Å². The van der Waals surface area contributed by atoms with Crippen molar-refractivity contribution >= 4 is 0 Å². The van der Waals surface area contributed by atoms with Gasteiger partial charge < -0.3 is 4.74 Å². The van der Waals surface area contributed by atoms with E-state index in [9.17, 15) is 26.3 Å². The van der Waals surface area contributed by atoms with Crippen LogP contribution in [0.25, 0.3) is 0 Å². The van der Waals surface area contributed by atoms with E-state index in [-0.39, 0.29) is 0 Å². The van der Waals surface area contributed by atoms with Crippen molar-refractivity contribution in [1.29, 1.82) is 0 Å². The van der Waals surface area contributed by atoms with Crippen LogP contribution in [0.1, 0.15) is 80.9 Å². The normalized spacial score (nSPS) is 19.7. The number of benzene rings is 2. The Balaban J connectivity index is 1.61. The summed E-state index contributed by atoms with van der Waals surface area (Å²) < 4.78 is 85.1. The van der Waals surface area contributed by atoms with Gasteiger partial charge in [-0.1, -0.05) is 44.7 Å². The highest BCUT2D eigenvalue weighted by molar-refractivity contribution is 5.33. The molecule has 176 valence electrons. The second-order valence-electron chi connectivity index (χ2n) is 8.59. The predicted octanol–water partition coefficient (Wildman–Crippen LogP) is 8.83. The molecule has 7 heteroatoms. The molecule has 0 amide bonds. The number of halogens is 6. The number of alkyl halides is 5. The lowest BCUT2D eigenvalue weighted by Crippen LogP contribution is -2.22. The van der Waals surface area contributed by atoms with E-state index in [0.717, 1.165) is 37.2 Å². The molecule has 2 aromatic carbocycles. The molecule has 0 heterocycles. The van der Waals surface area contributed by atoms with Crippen molar-refractivity contribution < 1.29 is 31.1 Å². The van der Waals surface area contributed by atoms with Crippen LogP contribution in [0.15, 0.2) is 42.5 Å². The Hall–Kier alpha value is -2.18. The van der Waals surface area contributed by atoms with Gasteiger partial charge in [0.1, 0.15) is 11.6 Å². The van der Waals surface area contributed by atoms with E-state index in [1.807, 2.05) is 0 Å². The van der Waals surface area contributed by atoms with E-state index >= 15 is 0 Å². The standard InChI is InChI=1S/C25H28F6O/c1-2-3-4-5-17-6-8-18(9-7-17)19-10-12-20(13-11-19)25(30,31)32-21-14-15-22(23(26)16-21)24(27,28)29/h10-18H,2-9H2,1H3. The molecule has 0 saturated heterocycles. The molecule has 1 nitrogen and oxygen atoms in total. The number of rotatable bonds is 8. The van der Waals surface area contributed by atoms with Crippen LogP contribution in [0.4, 0.5) is 26.3 Å². The fraction of sp³-hybridized carbons (Fsp3) is 0.520. The maximum Gasteiger partial charge on any atom is 0.426 e. The molecular formula is C25H28F6O. The zero-order chi connectivity index (χ0) is 23.4. The molecule has 1 fully saturated rings. The summed E-state index contributed by atoms with van der Waals surface area (Å²) in [6, 6.07) is 7.25. The molecule has 2 aromatic rings. The lowest BCUT2D eigenvalue weighted by molar-refractivity contribution is -0.185. The summed E-state index contributed by atoms with van der Waals surface area (Å²) in [5, 5.41) is 0. The van der Waals surface area contributed by atoms with Crippen LogP contribution >= 0.6 is 0 Å². The van der Waals surface area contributed by atoms with E-state index in [4.69, 9.17) is 0 Å². The van der Waals surface area contributed by atoms with Crippen LogP contribution in [-0.2, 0) is 12.3 Å². The minimum absolute atomic E-state index is 0.323. The summed E-state index contributed by atoms with van der Waals surface area (Å²) in [4.78, 5) is 0. The first kappa shape index (κ1) is 24.5. The first-order valence-corrected chi connectivity index (χ1v) is 11.1. The lowest BCUT2D eigenvalue weighted by Gasteiger charge is -2.29. The number of hydrogen-bond acceptors (Lipinski definition) is 1. The topological polar surface area (TPSA) is 9.23 Å². The highest BCUT2D eigenvalue weighted by Crippen LogP contribution is 2.40. The highest BCUT2D eigenvalue weighted by atomic mass is 19.4. The van der Waals surface area contributed by atoms with Gasteiger partial charge >= 0.3 is 12.3 Å². The molecule has 0 unspecified atom stereocenters. The van der Waals surface area contributed by atoms with Gasteiger partial charge in [0.2, 0.25) is 0 Å². The third-order valence-corrected chi connectivity index (χ3v) is 6.27. The third-order valence-electron chi connectivity index (χ3n) is 6.27. The predicted molar refractivity (Wildman–Crippen MR) is 111 cm³/mol. The van der Waals surface area contributed by atoms with Gasteiger partial charge in [0.25, 0.3) is 0 Å². The van der Waals surface area contributed by atoms with E-state index in [1.165, 1.54) is 37.8 Å². The third kappa shape index (κ3) is 6.20. The van der Waals surface area contributed by atoms with Crippen LogP contribution in [0.5, 0.6) is 5.75 Å². The maximum absolute atomic E-state index is 14.5. The molecule has 1 aliphatic carbocycles. The van der Waals surface area contributed by atoms with Gasteiger partial charge in [0, 0.05) is 6.07 Å². The van der Waals surface area contributed by atoms with Crippen molar-refractivity contribution in [2.75, 3.05) is 0 Å². The van der Waals surface area contributed by atoms with E-state index in [2.05, 4.69) is 11.7 Å². The Kier molecular flexibility index (Phi) is 7.78. The van der Waals surface area contributed by atoms with Crippen LogP contribution in [-0.4, -0.2) is 0 Å². The van der Waals surface area contributed by atoms with Crippen LogP contribution in [0.3, 0.4) is 0 Å². The number of ether oxygens (including phenoxy) is 1. The van der Waals surface area contributed by atoms with Gasteiger partial charge in [-0.3, -0.25) is 0 Å². The average molecular weight is 458 g/mol. The Labute approximate surface area is 184 Å². The average Bonchev–Trinajstić information content (AvgIpc) is 2.73. The summed E-state index contributed by atoms with van der Waals surface area (Å²) in [6.07, 6.45) is 0.648. The molecule has 0 radical (unpaired) electrons. The zero-order valence-corrected chi connectivity index (χ0v) is 18.0. The summed E-state index contributed by atoms with van der Waals surface area (Å²) in [5.74, 6) is -1.25. The molecule has 0 atom stereocenters. The van der Waals surface area contributed by atoms with Crippen molar-refractivity contribution in [2.24, 2.45) is 5.92 Å². The molecule has 0 aliphatic heterocycles. The van der Waals surface area contributed by atoms with Crippen molar-refractivity contribution in [2.45, 2.75) is 76.5 Å². The Morgan fingerprint density at radius 2 is 1.53 bits per heavy atom. The number of hydrogen-bond donors (Lipinski definition) is 0. The Bertz CT molecular complexity index is 867. The molecule has 1 saturated carbocycles. The van der Waals surface area contributed by atoms with Gasteiger partial charge in [-0.15, -0.1) is 0 Å². The molecule has 0 aromatic heterocycles. The fourth-order valence-electron chi connectivity index (χ4n) is 4.41. The summed E-state index contributed by atoms with van der Waals surface area (Å²) in [6.45, 7) is 2.19. The van der Waals surface area contributed by atoms with Crippen LogP contribution < -0.4 is 4.74 Å². The summed E-state index contributed by atoms with van der Waals surface area (Å²) in [7, 11) is 0. The van der Waals surface area contributed by atoms with E-state index in [1.54, 1.807) is 12.1 Å². The van der Waals surface area contributed by atoms with E-state index in [0.29, 0.717) is 24.1 Å². The van der Waals surface area contributed by atoms with Crippen LogP contribution in [0, 0.1) is 11.7 Å². The van der Waals surface area contributed by atoms with Gasteiger partial charge in [0.15, 0.2) is 0 Å². The van der Waals surface area contributed by atoms with Gasteiger partial charge in [-0.2, -0.15) is 22.0 Å². The van der Waals surface area contributed by atoms with Crippen LogP contribution in [0.2, 0.25) is 0 Å². The second-order valence-corrected chi connectivity index (χ2v) is 8.59. The summed E-state index contributed by atoms with van der Waals surface area (Å²) in [5.41, 5.74) is -0.968. The minimum Gasteiger partial charge on any atom is -0.429 e. The van der Waals surface area contributed by atoms with Crippen molar-refractivity contribution in [3.8, 4) is 5.75 Å². The van der Waals surface area contributed by atoms with Gasteiger partial charge in [-0.25, -0.2) is 4.39 Å². The SMILES string of the molecule is CCCCCC1CCC(c2ccc(C(F)(F)Oc3ccc(C(F)(F)F)c(F)c3)cc2)CC1. The smallest absolute Gasteiger partial charge is 0.426 e. The van der Waals surface area contributed by atoms with E-state index < -0.39 is 35.0 Å². The maximum atomic E-state index is 14.5. The Morgan fingerprint density at radius 1 is 0.875 bits per heavy atom. The summed E-state index contributed by atoms with van der Waals surface area (Å²) >= 11 is 0. The second kappa shape index (κ2) is 10.2. The minimum atomic E-state index is -4.91. The monoisotopic (exact) mass is 458 g/mol. The molecule has 3 rings (SSSR count). The highest BCUT2D eigenvalue weighted by Gasteiger charge is 2.37. The molecule has 0 spiro atoms. The van der Waals surface area contributed by atoms with Gasteiger partial charge in [-0.05, 0) is 67.3 Å². The Morgan fingerprint density at radius 3 is 2.09 bits per heavy atom. The van der Waals surface area contributed by atoms with Crippen molar-refractivity contribution in [3.63, 3.8) is 0 Å². The first-order chi connectivity index (χ1) is 15.1. The zero-order valence-electron chi connectivity index (χ0n) is 18.0. The largest absolute Gasteiger partial charge is 0.429 e. The fourth-order valence-corrected chi connectivity index (χ4v) is 4.41. The molecule has 1 aliphatic rings. The molecule has 0 N–H and O–H groups in total. The molecule has 32 heavy (non-hydrogen) atoms. The molecule has 0 bridgehead atoms. The van der Waals surface area contributed by atoms with Crippen molar-refractivity contribution in [3.05, 3.63) is 65.0 Å². The first-order valence-electron chi connectivity index (χ1n) is 11.1. The number of unbranched alkanes of at least 4 members (excludes halogenated alkanes) is 2. The van der Waals surface area contributed by atoms with Gasteiger partial charge in [0.05, 0.1) is 11.1 Å². The quantitative estimate of drug-likeness (QED) is 0.284. The lowest BCUT2D eigenvalue weighted by atomic mass is 9.77. The molecular weight excluding hydrogens is 430 g/mol.